The lowest BCUT2D eigenvalue weighted by Crippen LogP contribution is -2.55. The second-order valence-electron chi connectivity index (χ2n) is 10.3. The zero-order valence-corrected chi connectivity index (χ0v) is 22.6. The SMILES string of the molecule is NC(=O)C(Cc1cnc[nH]1)NC(=O)C(Cc1cccc2ccccc12)NC(=O)C1c2ccccc2Oc2ccccc21. The molecule has 5 N–H and O–H groups in total. The molecule has 0 aliphatic carbocycles. The Morgan fingerprint density at radius 1 is 0.810 bits per heavy atom. The number of para-hydroxylation sites is 2. The Labute approximate surface area is 242 Å². The van der Waals surface area contributed by atoms with Crippen molar-refractivity contribution in [2.24, 2.45) is 5.73 Å². The summed E-state index contributed by atoms with van der Waals surface area (Å²) in [5, 5.41) is 7.76. The van der Waals surface area contributed by atoms with Crippen LogP contribution in [-0.4, -0.2) is 39.8 Å². The van der Waals surface area contributed by atoms with E-state index < -0.39 is 29.8 Å². The fourth-order valence-corrected chi connectivity index (χ4v) is 5.46. The summed E-state index contributed by atoms with van der Waals surface area (Å²) in [6.45, 7) is 0. The van der Waals surface area contributed by atoms with Crippen LogP contribution in [0.25, 0.3) is 10.8 Å². The Morgan fingerprint density at radius 2 is 1.48 bits per heavy atom. The zero-order chi connectivity index (χ0) is 29.1. The fraction of sp³-hybridized carbons (Fsp3) is 0.152. The number of carbonyl (C=O) groups is 3. The van der Waals surface area contributed by atoms with Crippen molar-refractivity contribution in [2.75, 3.05) is 0 Å². The monoisotopic (exact) mass is 559 g/mol. The number of benzene rings is 4. The van der Waals surface area contributed by atoms with Crippen molar-refractivity contribution in [1.29, 1.82) is 0 Å². The van der Waals surface area contributed by atoms with Crippen molar-refractivity contribution in [3.63, 3.8) is 0 Å². The van der Waals surface area contributed by atoms with Gasteiger partial charge < -0.3 is 26.1 Å². The number of H-pyrrole nitrogens is 1. The molecule has 4 aromatic carbocycles. The summed E-state index contributed by atoms with van der Waals surface area (Å²) >= 11 is 0. The number of nitrogens with one attached hydrogen (secondary N) is 3. The normalized spacial score (nSPS) is 13.7. The molecule has 2 unspecified atom stereocenters. The number of hydrogen-bond acceptors (Lipinski definition) is 5. The molecule has 3 amide bonds. The number of hydrogen-bond donors (Lipinski definition) is 4. The van der Waals surface area contributed by atoms with Gasteiger partial charge in [0.2, 0.25) is 17.7 Å². The Morgan fingerprint density at radius 3 is 2.17 bits per heavy atom. The van der Waals surface area contributed by atoms with Crippen LogP contribution in [0.4, 0.5) is 0 Å². The zero-order valence-electron chi connectivity index (χ0n) is 22.6. The van der Waals surface area contributed by atoms with Gasteiger partial charge in [-0.25, -0.2) is 4.98 Å². The first-order valence-electron chi connectivity index (χ1n) is 13.7. The first-order chi connectivity index (χ1) is 20.5. The van der Waals surface area contributed by atoms with Crippen LogP contribution in [0.3, 0.4) is 0 Å². The van der Waals surface area contributed by atoms with Crippen molar-refractivity contribution in [3.05, 3.63) is 126 Å². The van der Waals surface area contributed by atoms with Gasteiger partial charge in [0.15, 0.2) is 0 Å². The maximum atomic E-state index is 14.1. The van der Waals surface area contributed by atoms with Gasteiger partial charge in [-0.1, -0.05) is 78.9 Å². The van der Waals surface area contributed by atoms with E-state index in [9.17, 15) is 14.4 Å². The molecule has 6 rings (SSSR count). The minimum Gasteiger partial charge on any atom is -0.457 e. The highest BCUT2D eigenvalue weighted by atomic mass is 16.5. The number of rotatable bonds is 9. The molecule has 1 aliphatic rings. The fourth-order valence-electron chi connectivity index (χ4n) is 5.46. The maximum Gasteiger partial charge on any atom is 0.243 e. The predicted molar refractivity (Wildman–Crippen MR) is 158 cm³/mol. The number of nitrogens with zero attached hydrogens (tertiary/aromatic N) is 1. The second kappa shape index (κ2) is 11.6. The lowest BCUT2D eigenvalue weighted by Gasteiger charge is -2.29. The molecular weight excluding hydrogens is 530 g/mol. The van der Waals surface area contributed by atoms with Crippen LogP contribution in [0.2, 0.25) is 0 Å². The van der Waals surface area contributed by atoms with E-state index in [-0.39, 0.29) is 18.7 Å². The molecule has 9 heteroatoms. The predicted octanol–water partition coefficient (Wildman–Crippen LogP) is 3.74. The standard InChI is InChI=1S/C33H29N5O4/c34-31(39)26(17-22-18-35-19-36-22)37-32(40)27(16-21-10-7-9-20-8-1-2-11-23(20)21)38-33(41)30-24-12-3-5-14-28(24)42-29-15-6-4-13-25(29)30/h1-15,18-19,26-27,30H,16-17H2,(H2,34,39)(H,35,36)(H,37,40)(H,38,41). The van der Waals surface area contributed by atoms with Crippen molar-refractivity contribution < 1.29 is 19.1 Å². The summed E-state index contributed by atoms with van der Waals surface area (Å²) in [6, 6.07) is 26.4. The van der Waals surface area contributed by atoms with Crippen molar-refractivity contribution >= 4 is 28.5 Å². The first kappa shape index (κ1) is 26.8. The molecule has 2 heterocycles. The van der Waals surface area contributed by atoms with E-state index in [4.69, 9.17) is 10.5 Å². The molecular formula is C33H29N5O4. The minimum absolute atomic E-state index is 0.136. The number of amides is 3. The molecule has 0 saturated heterocycles. The first-order valence-corrected chi connectivity index (χ1v) is 13.7. The summed E-state index contributed by atoms with van der Waals surface area (Å²) < 4.78 is 6.06. The molecule has 0 bridgehead atoms. The summed E-state index contributed by atoms with van der Waals surface area (Å²) in [5.41, 5.74) is 8.59. The number of carbonyl (C=O) groups excluding carboxylic acids is 3. The molecule has 1 aliphatic heterocycles. The van der Waals surface area contributed by atoms with Gasteiger partial charge in [0.1, 0.15) is 23.6 Å². The molecule has 2 atom stereocenters. The number of ether oxygens (including phenoxy) is 1. The molecule has 9 nitrogen and oxygen atoms in total. The van der Waals surface area contributed by atoms with Crippen molar-refractivity contribution in [1.82, 2.24) is 20.6 Å². The highest BCUT2D eigenvalue weighted by Gasteiger charge is 2.35. The number of aromatic amines is 1. The summed E-state index contributed by atoms with van der Waals surface area (Å²) in [5.74, 6) is -1.11. The second-order valence-corrected chi connectivity index (χ2v) is 10.3. The Hall–Kier alpha value is -5.44. The van der Waals surface area contributed by atoms with Crippen LogP contribution >= 0.6 is 0 Å². The molecule has 210 valence electrons. The molecule has 42 heavy (non-hydrogen) atoms. The largest absolute Gasteiger partial charge is 0.457 e. The van der Waals surface area contributed by atoms with E-state index >= 15 is 0 Å². The lowest BCUT2D eigenvalue weighted by atomic mass is 9.87. The van der Waals surface area contributed by atoms with Crippen LogP contribution in [-0.2, 0) is 27.2 Å². The van der Waals surface area contributed by atoms with E-state index in [1.54, 1.807) is 6.20 Å². The van der Waals surface area contributed by atoms with Crippen LogP contribution in [0.1, 0.15) is 28.3 Å². The van der Waals surface area contributed by atoms with E-state index in [1.165, 1.54) is 6.33 Å². The highest BCUT2D eigenvalue weighted by Crippen LogP contribution is 2.44. The average molecular weight is 560 g/mol. The molecule has 0 saturated carbocycles. The van der Waals surface area contributed by atoms with Gasteiger partial charge in [0, 0.05) is 35.9 Å². The third kappa shape index (κ3) is 5.44. The van der Waals surface area contributed by atoms with Crippen LogP contribution in [0, 0.1) is 0 Å². The van der Waals surface area contributed by atoms with Crippen molar-refractivity contribution in [2.45, 2.75) is 30.8 Å². The summed E-state index contributed by atoms with van der Waals surface area (Å²) in [6.07, 6.45) is 3.39. The van der Waals surface area contributed by atoms with Gasteiger partial charge in [0.05, 0.1) is 12.2 Å². The molecule has 5 aromatic rings. The van der Waals surface area contributed by atoms with Crippen molar-refractivity contribution in [3.8, 4) is 11.5 Å². The number of fused-ring (bicyclic) bond motifs is 3. The lowest BCUT2D eigenvalue weighted by molar-refractivity contribution is -0.131. The van der Waals surface area contributed by atoms with Crippen LogP contribution < -0.4 is 21.1 Å². The molecule has 0 radical (unpaired) electrons. The van der Waals surface area contributed by atoms with Gasteiger partial charge in [-0.05, 0) is 28.5 Å². The third-order valence-electron chi connectivity index (χ3n) is 7.52. The van der Waals surface area contributed by atoms with Gasteiger partial charge in [0.25, 0.3) is 0 Å². The molecule has 0 spiro atoms. The summed E-state index contributed by atoms with van der Waals surface area (Å²) in [4.78, 5) is 47.2. The topological polar surface area (TPSA) is 139 Å². The number of primary amides is 1. The van der Waals surface area contributed by atoms with E-state index in [0.717, 1.165) is 16.3 Å². The average Bonchev–Trinajstić information content (AvgIpc) is 3.52. The smallest absolute Gasteiger partial charge is 0.243 e. The number of aromatic nitrogens is 2. The quantitative estimate of drug-likeness (QED) is 0.218. The number of imidazole rings is 1. The minimum atomic E-state index is -1.01. The number of nitrogens with two attached hydrogens (primary N) is 1. The van der Waals surface area contributed by atoms with E-state index in [2.05, 4.69) is 20.6 Å². The van der Waals surface area contributed by atoms with Gasteiger partial charge >= 0.3 is 0 Å². The summed E-state index contributed by atoms with van der Waals surface area (Å²) in [7, 11) is 0. The Balaban J connectivity index is 1.34. The Kier molecular flexibility index (Phi) is 7.38. The molecule has 0 fully saturated rings. The van der Waals surface area contributed by atoms with Gasteiger partial charge in [-0.3, -0.25) is 14.4 Å². The molecule has 1 aromatic heterocycles. The van der Waals surface area contributed by atoms with Gasteiger partial charge in [-0.2, -0.15) is 0 Å². The third-order valence-corrected chi connectivity index (χ3v) is 7.52. The Bertz CT molecular complexity index is 1720. The van der Waals surface area contributed by atoms with E-state index in [0.29, 0.717) is 28.3 Å². The van der Waals surface area contributed by atoms with Gasteiger partial charge in [-0.15, -0.1) is 0 Å². The van der Waals surface area contributed by atoms with E-state index in [1.807, 2.05) is 91.0 Å². The van der Waals surface area contributed by atoms with Crippen LogP contribution in [0.5, 0.6) is 11.5 Å². The highest BCUT2D eigenvalue weighted by molar-refractivity contribution is 5.96. The van der Waals surface area contributed by atoms with Crippen LogP contribution in [0.15, 0.2) is 104 Å². The maximum absolute atomic E-state index is 14.1.